The second kappa shape index (κ2) is 5.40. The van der Waals surface area contributed by atoms with Crippen molar-refractivity contribution >= 4 is 5.91 Å². The summed E-state index contributed by atoms with van der Waals surface area (Å²) in [5.74, 6) is 0.752. The first-order chi connectivity index (χ1) is 8.58. The van der Waals surface area contributed by atoms with Gasteiger partial charge in [0.05, 0.1) is 13.6 Å². The average molecular weight is 253 g/mol. The van der Waals surface area contributed by atoms with Gasteiger partial charge >= 0.3 is 0 Å². The maximum atomic E-state index is 12.1. The quantitative estimate of drug-likeness (QED) is 0.676. The minimum absolute atomic E-state index is 0.103. The second-order valence-electron chi connectivity index (χ2n) is 4.62. The zero-order valence-corrected chi connectivity index (χ0v) is 11.0. The van der Waals surface area contributed by atoms with E-state index >= 15 is 0 Å². The molecule has 8 nitrogen and oxygen atoms in total. The van der Waals surface area contributed by atoms with Crippen molar-refractivity contribution in [2.24, 2.45) is 7.05 Å². The normalized spacial score (nSPS) is 20.9. The molecule has 100 valence electrons. The minimum atomic E-state index is -0.155. The van der Waals surface area contributed by atoms with E-state index in [1.165, 1.54) is 4.80 Å². The van der Waals surface area contributed by atoms with Crippen LogP contribution in [0.4, 0.5) is 0 Å². The molecule has 1 fully saturated rings. The summed E-state index contributed by atoms with van der Waals surface area (Å²) in [5, 5.41) is 15.2. The Labute approximate surface area is 106 Å². The monoisotopic (exact) mass is 253 g/mol. The first kappa shape index (κ1) is 12.9. The van der Waals surface area contributed by atoms with Crippen molar-refractivity contribution in [3.63, 3.8) is 0 Å². The van der Waals surface area contributed by atoms with Gasteiger partial charge in [0.1, 0.15) is 6.04 Å². The van der Waals surface area contributed by atoms with Gasteiger partial charge in [-0.2, -0.15) is 4.80 Å². The molecule has 0 aromatic carbocycles. The lowest BCUT2D eigenvalue weighted by atomic mass is 10.1. The molecule has 1 saturated heterocycles. The van der Waals surface area contributed by atoms with E-state index in [0.717, 1.165) is 13.1 Å². The summed E-state index contributed by atoms with van der Waals surface area (Å²) >= 11 is 0. The molecule has 0 bridgehead atoms. The zero-order valence-electron chi connectivity index (χ0n) is 11.0. The zero-order chi connectivity index (χ0) is 13.1. The molecule has 8 heteroatoms. The Morgan fingerprint density at radius 3 is 2.94 bits per heavy atom. The number of hydrogen-bond donors (Lipinski definition) is 1. The molecule has 0 spiro atoms. The molecule has 1 aromatic rings. The van der Waals surface area contributed by atoms with Crippen molar-refractivity contribution in [1.29, 1.82) is 0 Å². The predicted octanol–water partition coefficient (Wildman–Crippen LogP) is -1.93. The van der Waals surface area contributed by atoms with Gasteiger partial charge in [0.25, 0.3) is 0 Å². The van der Waals surface area contributed by atoms with E-state index in [-0.39, 0.29) is 11.9 Å². The van der Waals surface area contributed by atoms with Crippen molar-refractivity contribution < 1.29 is 4.79 Å². The van der Waals surface area contributed by atoms with Crippen LogP contribution >= 0.6 is 0 Å². The number of aryl methyl sites for hydroxylation is 1. The first-order valence-electron chi connectivity index (χ1n) is 5.96. The predicted molar refractivity (Wildman–Crippen MR) is 64.6 cm³/mol. The Bertz CT molecular complexity index is 416. The number of hydrogen-bond acceptors (Lipinski definition) is 6. The van der Waals surface area contributed by atoms with Gasteiger partial charge in [0.2, 0.25) is 5.91 Å². The summed E-state index contributed by atoms with van der Waals surface area (Å²) in [5.41, 5.74) is 0. The molecule has 1 aliphatic rings. The van der Waals surface area contributed by atoms with Crippen molar-refractivity contribution in [3.05, 3.63) is 5.82 Å². The van der Waals surface area contributed by atoms with Crippen LogP contribution in [-0.2, 0) is 18.4 Å². The SMILES string of the molecule is CN(C)C(=O)C1CNCCN1Cc1nnn(C)n1. The number of nitrogens with zero attached hydrogens (tertiary/aromatic N) is 6. The van der Waals surface area contributed by atoms with E-state index in [4.69, 9.17) is 0 Å². The van der Waals surface area contributed by atoms with E-state index < -0.39 is 0 Å². The van der Waals surface area contributed by atoms with Gasteiger partial charge in [-0.3, -0.25) is 9.69 Å². The maximum Gasteiger partial charge on any atom is 0.240 e. The fraction of sp³-hybridized carbons (Fsp3) is 0.800. The van der Waals surface area contributed by atoms with Crippen molar-refractivity contribution in [1.82, 2.24) is 35.3 Å². The molecule has 2 heterocycles. The maximum absolute atomic E-state index is 12.1. The largest absolute Gasteiger partial charge is 0.347 e. The highest BCUT2D eigenvalue weighted by atomic mass is 16.2. The number of amides is 1. The van der Waals surface area contributed by atoms with E-state index in [1.54, 1.807) is 26.0 Å². The smallest absolute Gasteiger partial charge is 0.240 e. The highest BCUT2D eigenvalue weighted by Gasteiger charge is 2.30. The Kier molecular flexibility index (Phi) is 3.87. The highest BCUT2D eigenvalue weighted by Crippen LogP contribution is 2.09. The lowest BCUT2D eigenvalue weighted by Crippen LogP contribution is -2.57. The van der Waals surface area contributed by atoms with Crippen LogP contribution in [0.25, 0.3) is 0 Å². The van der Waals surface area contributed by atoms with Gasteiger partial charge in [-0.05, 0) is 5.21 Å². The molecular formula is C10H19N7O. The standard InChI is InChI=1S/C10H19N7O/c1-15(2)10(18)8-6-11-4-5-17(8)7-9-12-14-16(3)13-9/h8,11H,4-7H2,1-3H3. The van der Waals surface area contributed by atoms with Crippen LogP contribution in [0.2, 0.25) is 0 Å². The van der Waals surface area contributed by atoms with E-state index in [1.807, 2.05) is 0 Å². The third-order valence-corrected chi connectivity index (χ3v) is 2.97. The molecule has 1 N–H and O–H groups in total. The van der Waals surface area contributed by atoms with E-state index in [0.29, 0.717) is 18.9 Å². The van der Waals surface area contributed by atoms with Crippen LogP contribution in [-0.4, -0.2) is 75.7 Å². The molecule has 1 atom stereocenters. The van der Waals surface area contributed by atoms with Gasteiger partial charge < -0.3 is 10.2 Å². The number of nitrogens with one attached hydrogen (secondary N) is 1. The number of likely N-dealkylation sites (N-methyl/N-ethyl adjacent to an activating group) is 1. The minimum Gasteiger partial charge on any atom is -0.347 e. The molecular weight excluding hydrogens is 234 g/mol. The Morgan fingerprint density at radius 1 is 1.56 bits per heavy atom. The van der Waals surface area contributed by atoms with Crippen LogP contribution < -0.4 is 5.32 Å². The number of piperazine rings is 1. The van der Waals surface area contributed by atoms with Crippen LogP contribution in [0.15, 0.2) is 0 Å². The number of carbonyl (C=O) groups excluding carboxylic acids is 1. The number of tetrazole rings is 1. The molecule has 0 radical (unpaired) electrons. The van der Waals surface area contributed by atoms with Crippen LogP contribution in [0, 0.1) is 0 Å². The first-order valence-corrected chi connectivity index (χ1v) is 5.96. The molecule has 18 heavy (non-hydrogen) atoms. The highest BCUT2D eigenvalue weighted by molar-refractivity contribution is 5.81. The summed E-state index contributed by atoms with van der Waals surface area (Å²) < 4.78 is 0. The summed E-state index contributed by atoms with van der Waals surface area (Å²) in [7, 11) is 5.28. The van der Waals surface area contributed by atoms with E-state index in [9.17, 15) is 4.79 Å². The Balaban J connectivity index is 2.06. The third-order valence-electron chi connectivity index (χ3n) is 2.97. The molecule has 2 rings (SSSR count). The van der Waals surface area contributed by atoms with Gasteiger partial charge in [-0.25, -0.2) is 0 Å². The number of aromatic nitrogens is 4. The van der Waals surface area contributed by atoms with Gasteiger partial charge in [0.15, 0.2) is 5.82 Å². The number of rotatable bonds is 3. The molecule has 0 aliphatic carbocycles. The Morgan fingerprint density at radius 2 is 2.33 bits per heavy atom. The number of carbonyl (C=O) groups is 1. The second-order valence-corrected chi connectivity index (χ2v) is 4.62. The van der Waals surface area contributed by atoms with Gasteiger partial charge in [-0.1, -0.05) is 0 Å². The van der Waals surface area contributed by atoms with Crippen molar-refractivity contribution in [2.75, 3.05) is 33.7 Å². The van der Waals surface area contributed by atoms with Crippen LogP contribution in [0.5, 0.6) is 0 Å². The van der Waals surface area contributed by atoms with Crippen molar-refractivity contribution in [3.8, 4) is 0 Å². The van der Waals surface area contributed by atoms with E-state index in [2.05, 4.69) is 25.6 Å². The fourth-order valence-electron chi connectivity index (χ4n) is 2.05. The van der Waals surface area contributed by atoms with Gasteiger partial charge in [-0.15, -0.1) is 10.2 Å². The van der Waals surface area contributed by atoms with Crippen molar-refractivity contribution in [2.45, 2.75) is 12.6 Å². The summed E-state index contributed by atoms with van der Waals surface area (Å²) in [6, 6.07) is -0.155. The molecule has 1 amide bonds. The molecule has 0 saturated carbocycles. The fourth-order valence-corrected chi connectivity index (χ4v) is 2.05. The van der Waals surface area contributed by atoms with Gasteiger partial charge in [0, 0.05) is 33.7 Å². The molecule has 1 unspecified atom stereocenters. The summed E-state index contributed by atoms with van der Waals surface area (Å²) in [6.45, 7) is 2.90. The lowest BCUT2D eigenvalue weighted by molar-refractivity contribution is -0.135. The lowest BCUT2D eigenvalue weighted by Gasteiger charge is -2.35. The average Bonchev–Trinajstić information content (AvgIpc) is 2.74. The topological polar surface area (TPSA) is 79.2 Å². The Hall–Kier alpha value is -1.54. The van der Waals surface area contributed by atoms with Crippen LogP contribution in [0.1, 0.15) is 5.82 Å². The summed E-state index contributed by atoms with van der Waals surface area (Å²) in [6.07, 6.45) is 0. The molecule has 1 aliphatic heterocycles. The summed E-state index contributed by atoms with van der Waals surface area (Å²) in [4.78, 5) is 17.2. The molecule has 1 aromatic heterocycles. The van der Waals surface area contributed by atoms with Crippen LogP contribution in [0.3, 0.4) is 0 Å². The third kappa shape index (κ3) is 2.82.